The number of nitrogens with one attached hydrogen (secondary N) is 1. The van der Waals surface area contributed by atoms with Crippen LogP contribution in [0.3, 0.4) is 0 Å². The molecule has 0 radical (unpaired) electrons. The van der Waals surface area contributed by atoms with Crippen molar-refractivity contribution >= 4 is 9.84 Å². The number of H-pyrrole nitrogens is 1. The highest BCUT2D eigenvalue weighted by Gasteiger charge is 2.08. The van der Waals surface area contributed by atoms with Crippen molar-refractivity contribution in [3.05, 3.63) is 65.1 Å². The summed E-state index contributed by atoms with van der Waals surface area (Å²) in [7, 11) is -1.51. The van der Waals surface area contributed by atoms with E-state index in [-0.39, 0.29) is 4.90 Å². The second-order valence-electron chi connectivity index (χ2n) is 5.46. The van der Waals surface area contributed by atoms with Crippen molar-refractivity contribution in [3.8, 4) is 5.69 Å². The number of benzene rings is 1. The highest BCUT2D eigenvalue weighted by Crippen LogP contribution is 2.13. The average molecular weight is 379 g/mol. The molecule has 0 bridgehead atoms. The maximum atomic E-state index is 11.3. The largest absolute Gasteiger partial charge is 0.501 e. The number of methoxy groups -OCH3 is 1. The van der Waals surface area contributed by atoms with E-state index in [1.165, 1.54) is 16.8 Å². The topological polar surface area (TPSA) is 94.0 Å². The number of hydrogen-bond donors (Lipinski definition) is 1. The van der Waals surface area contributed by atoms with Gasteiger partial charge in [-0.2, -0.15) is 4.98 Å². The predicted molar refractivity (Wildman–Crippen MR) is 102 cm³/mol. The van der Waals surface area contributed by atoms with Gasteiger partial charge in [-0.05, 0) is 50.6 Å². The standard InChI is InChI=1S/C10H11N3O3S.C8H14O/c1-7-11-10(14)12-13(7)8-3-5-9(6-4-8)17(2,15)16;1-4-6-7-8(5-2)9-3/h3-6H,1-2H3,(H,12,14);4-5H,1,6-7H2,2-3H3/b;8-5+. The Kier molecular flexibility index (Phi) is 8.05. The summed E-state index contributed by atoms with van der Waals surface area (Å²) in [4.78, 5) is 15.0. The molecule has 0 saturated heterocycles. The van der Waals surface area contributed by atoms with Crippen LogP contribution in [0.2, 0.25) is 0 Å². The molecule has 0 amide bonds. The normalized spacial score (nSPS) is 11.5. The molecule has 2 rings (SSSR count). The van der Waals surface area contributed by atoms with Gasteiger partial charge in [0.25, 0.3) is 0 Å². The van der Waals surface area contributed by atoms with Crippen molar-refractivity contribution in [2.24, 2.45) is 0 Å². The molecule has 1 aromatic heterocycles. The number of nitrogens with zero attached hydrogens (tertiary/aromatic N) is 2. The first-order valence-electron chi connectivity index (χ1n) is 7.99. The fourth-order valence-corrected chi connectivity index (χ4v) is 2.73. The van der Waals surface area contributed by atoms with Gasteiger partial charge >= 0.3 is 5.69 Å². The number of aryl methyl sites for hydroxylation is 1. The zero-order valence-electron chi connectivity index (χ0n) is 15.5. The van der Waals surface area contributed by atoms with E-state index in [1.54, 1.807) is 26.2 Å². The molecule has 26 heavy (non-hydrogen) atoms. The Morgan fingerprint density at radius 3 is 2.35 bits per heavy atom. The minimum atomic E-state index is -3.20. The Hall–Kier alpha value is -2.61. The van der Waals surface area contributed by atoms with Gasteiger partial charge in [0.05, 0.1) is 23.5 Å². The van der Waals surface area contributed by atoms with E-state index >= 15 is 0 Å². The molecule has 0 aliphatic rings. The van der Waals surface area contributed by atoms with Gasteiger partial charge in [0, 0.05) is 12.7 Å². The number of aromatic amines is 1. The zero-order chi connectivity index (χ0) is 19.7. The van der Waals surface area contributed by atoms with Gasteiger partial charge in [0.1, 0.15) is 5.82 Å². The maximum Gasteiger partial charge on any atom is 0.361 e. The van der Waals surface area contributed by atoms with Crippen LogP contribution in [0.5, 0.6) is 0 Å². The molecule has 7 nitrogen and oxygen atoms in total. The molecular weight excluding hydrogens is 354 g/mol. The maximum absolute atomic E-state index is 11.3. The molecule has 0 atom stereocenters. The quantitative estimate of drug-likeness (QED) is 0.615. The molecule has 0 aliphatic heterocycles. The Morgan fingerprint density at radius 2 is 1.96 bits per heavy atom. The minimum absolute atomic E-state index is 0.237. The Labute approximate surface area is 153 Å². The third kappa shape index (κ3) is 6.36. The summed E-state index contributed by atoms with van der Waals surface area (Å²) in [6, 6.07) is 6.20. The highest BCUT2D eigenvalue weighted by atomic mass is 32.2. The number of ether oxygens (including phenoxy) is 1. The van der Waals surface area contributed by atoms with Crippen LogP contribution in [-0.2, 0) is 14.6 Å². The van der Waals surface area contributed by atoms with Gasteiger partial charge in [-0.25, -0.2) is 23.0 Å². The lowest BCUT2D eigenvalue weighted by atomic mass is 10.2. The fourth-order valence-electron chi connectivity index (χ4n) is 2.10. The SMILES string of the molecule is C=CCC/C(=C\C)OC.Cc1nc(=O)[nH]n1-c1ccc(S(C)(=O)=O)cc1. The van der Waals surface area contributed by atoms with E-state index in [0.717, 1.165) is 24.9 Å². The summed E-state index contributed by atoms with van der Waals surface area (Å²) in [6.45, 7) is 7.28. The van der Waals surface area contributed by atoms with Crippen molar-refractivity contribution in [1.29, 1.82) is 0 Å². The lowest BCUT2D eigenvalue weighted by Gasteiger charge is -2.04. The van der Waals surface area contributed by atoms with Crippen LogP contribution >= 0.6 is 0 Å². The lowest BCUT2D eigenvalue weighted by molar-refractivity contribution is 0.277. The summed E-state index contributed by atoms with van der Waals surface area (Å²) in [5.74, 6) is 1.55. The van der Waals surface area contributed by atoms with E-state index in [1.807, 2.05) is 19.1 Å². The van der Waals surface area contributed by atoms with Crippen molar-refractivity contribution < 1.29 is 13.2 Å². The molecule has 142 valence electrons. The summed E-state index contributed by atoms with van der Waals surface area (Å²) in [5, 5.41) is 2.52. The second-order valence-corrected chi connectivity index (χ2v) is 7.48. The first-order valence-corrected chi connectivity index (χ1v) is 9.88. The zero-order valence-corrected chi connectivity index (χ0v) is 16.3. The van der Waals surface area contributed by atoms with Crippen LogP contribution in [0.15, 0.2) is 58.4 Å². The molecule has 1 heterocycles. The number of allylic oxidation sites excluding steroid dienone is 3. The number of sulfone groups is 1. The van der Waals surface area contributed by atoms with Crippen LogP contribution < -0.4 is 5.69 Å². The number of rotatable bonds is 6. The summed E-state index contributed by atoms with van der Waals surface area (Å²) < 4.78 is 29.1. The molecule has 0 saturated carbocycles. The van der Waals surface area contributed by atoms with Crippen LogP contribution in [0.25, 0.3) is 5.69 Å². The van der Waals surface area contributed by atoms with E-state index in [0.29, 0.717) is 11.5 Å². The van der Waals surface area contributed by atoms with Gasteiger partial charge in [0.15, 0.2) is 9.84 Å². The minimum Gasteiger partial charge on any atom is -0.501 e. The third-order valence-electron chi connectivity index (χ3n) is 3.50. The second kappa shape index (κ2) is 9.76. The average Bonchev–Trinajstić information content (AvgIpc) is 2.94. The number of hydrogen-bond acceptors (Lipinski definition) is 5. The molecule has 8 heteroatoms. The Morgan fingerprint density at radius 1 is 1.35 bits per heavy atom. The molecule has 1 aromatic carbocycles. The molecule has 0 spiro atoms. The molecule has 0 aliphatic carbocycles. The number of aromatic nitrogens is 3. The molecular formula is C18H25N3O4S. The predicted octanol–water partition coefficient (Wildman–Crippen LogP) is 2.78. The third-order valence-corrected chi connectivity index (χ3v) is 4.62. The highest BCUT2D eigenvalue weighted by molar-refractivity contribution is 7.90. The smallest absolute Gasteiger partial charge is 0.361 e. The Balaban J connectivity index is 0.000000321. The Bertz CT molecular complexity index is 907. The van der Waals surface area contributed by atoms with Gasteiger partial charge in [-0.15, -0.1) is 6.58 Å². The molecule has 1 N–H and O–H groups in total. The van der Waals surface area contributed by atoms with Gasteiger partial charge in [-0.1, -0.05) is 6.08 Å². The van der Waals surface area contributed by atoms with E-state index in [2.05, 4.69) is 16.7 Å². The van der Waals surface area contributed by atoms with E-state index in [9.17, 15) is 13.2 Å². The molecule has 0 unspecified atom stereocenters. The van der Waals surface area contributed by atoms with Crippen LogP contribution in [-0.4, -0.2) is 36.5 Å². The lowest BCUT2D eigenvalue weighted by Crippen LogP contribution is -2.05. The van der Waals surface area contributed by atoms with Crippen molar-refractivity contribution in [3.63, 3.8) is 0 Å². The van der Waals surface area contributed by atoms with Crippen LogP contribution in [0, 0.1) is 6.92 Å². The van der Waals surface area contributed by atoms with Gasteiger partial charge in [-0.3, -0.25) is 0 Å². The summed E-state index contributed by atoms with van der Waals surface area (Å²) >= 11 is 0. The molecule has 2 aromatic rings. The van der Waals surface area contributed by atoms with Crippen molar-refractivity contribution in [1.82, 2.24) is 14.8 Å². The first kappa shape index (κ1) is 21.4. The summed E-state index contributed by atoms with van der Waals surface area (Å²) in [6.07, 6.45) is 6.97. The summed E-state index contributed by atoms with van der Waals surface area (Å²) in [5.41, 5.74) is 0.221. The van der Waals surface area contributed by atoms with Crippen molar-refractivity contribution in [2.45, 2.75) is 31.6 Å². The van der Waals surface area contributed by atoms with Gasteiger partial charge in [0.2, 0.25) is 0 Å². The van der Waals surface area contributed by atoms with E-state index < -0.39 is 15.5 Å². The van der Waals surface area contributed by atoms with Crippen LogP contribution in [0.1, 0.15) is 25.6 Å². The fraction of sp³-hybridized carbons (Fsp3) is 0.333. The van der Waals surface area contributed by atoms with Crippen LogP contribution in [0.4, 0.5) is 0 Å². The first-order chi connectivity index (χ1) is 12.2. The monoisotopic (exact) mass is 379 g/mol. The van der Waals surface area contributed by atoms with E-state index in [4.69, 9.17) is 4.74 Å². The van der Waals surface area contributed by atoms with Gasteiger partial charge < -0.3 is 4.74 Å². The molecule has 0 fully saturated rings. The van der Waals surface area contributed by atoms with Crippen molar-refractivity contribution in [2.75, 3.05) is 13.4 Å².